The molecule has 0 aliphatic carbocycles. The van der Waals surface area contributed by atoms with Gasteiger partial charge in [-0.25, -0.2) is 9.18 Å². The van der Waals surface area contributed by atoms with E-state index in [1.165, 1.54) is 0 Å². The van der Waals surface area contributed by atoms with Crippen molar-refractivity contribution in [3.63, 3.8) is 0 Å². The van der Waals surface area contributed by atoms with Gasteiger partial charge in [0, 0.05) is 0 Å². The van der Waals surface area contributed by atoms with Crippen LogP contribution in [0.3, 0.4) is 0 Å². The summed E-state index contributed by atoms with van der Waals surface area (Å²) in [7, 11) is 0. The second-order valence-electron chi connectivity index (χ2n) is 2.26. The minimum atomic E-state index is -1.51. The summed E-state index contributed by atoms with van der Waals surface area (Å²) in [6, 6.07) is 1.44. The SMILES string of the molecule is O=COc1c(C(=O)O)ccc(F)c1F. The highest BCUT2D eigenvalue weighted by Crippen LogP contribution is 2.24. The monoisotopic (exact) mass is 202 g/mol. The van der Waals surface area contributed by atoms with Crippen LogP contribution < -0.4 is 4.74 Å². The van der Waals surface area contributed by atoms with Crippen LogP contribution in [0.15, 0.2) is 12.1 Å². The van der Waals surface area contributed by atoms with E-state index in [1.54, 1.807) is 0 Å². The molecule has 0 atom stereocenters. The lowest BCUT2D eigenvalue weighted by molar-refractivity contribution is -0.120. The van der Waals surface area contributed by atoms with Crippen LogP contribution >= 0.6 is 0 Å². The fraction of sp³-hybridized carbons (Fsp3) is 0. The maximum atomic E-state index is 12.9. The zero-order valence-electron chi connectivity index (χ0n) is 6.66. The number of carboxylic acid groups (broad SMARTS) is 1. The molecule has 0 amide bonds. The first-order chi connectivity index (χ1) is 6.57. The molecule has 1 N–H and O–H groups in total. The lowest BCUT2D eigenvalue weighted by Crippen LogP contribution is -2.05. The summed E-state index contributed by atoms with van der Waals surface area (Å²) in [5.41, 5.74) is -0.615. The van der Waals surface area contributed by atoms with Crippen LogP contribution in [-0.4, -0.2) is 17.5 Å². The van der Waals surface area contributed by atoms with Crippen LogP contribution in [-0.2, 0) is 4.79 Å². The molecule has 1 rings (SSSR count). The Morgan fingerprint density at radius 1 is 1.43 bits per heavy atom. The zero-order chi connectivity index (χ0) is 10.7. The van der Waals surface area contributed by atoms with Gasteiger partial charge in [-0.05, 0) is 12.1 Å². The number of halogens is 2. The van der Waals surface area contributed by atoms with E-state index in [0.29, 0.717) is 6.07 Å². The lowest BCUT2D eigenvalue weighted by Gasteiger charge is -2.04. The number of hydrogen-bond donors (Lipinski definition) is 1. The summed E-state index contributed by atoms with van der Waals surface area (Å²) >= 11 is 0. The molecule has 1 aromatic rings. The van der Waals surface area contributed by atoms with Crippen molar-refractivity contribution in [1.29, 1.82) is 0 Å². The predicted octanol–water partition coefficient (Wildman–Crippen LogP) is 1.20. The number of ether oxygens (including phenoxy) is 1. The fourth-order valence-corrected chi connectivity index (χ4v) is 0.864. The van der Waals surface area contributed by atoms with Crippen molar-refractivity contribution >= 4 is 12.4 Å². The first-order valence-electron chi connectivity index (χ1n) is 3.39. The van der Waals surface area contributed by atoms with E-state index in [4.69, 9.17) is 5.11 Å². The van der Waals surface area contributed by atoms with Gasteiger partial charge in [-0.2, -0.15) is 4.39 Å². The van der Waals surface area contributed by atoms with Crippen molar-refractivity contribution in [1.82, 2.24) is 0 Å². The topological polar surface area (TPSA) is 63.6 Å². The predicted molar refractivity (Wildman–Crippen MR) is 40.0 cm³/mol. The Morgan fingerprint density at radius 2 is 2.07 bits per heavy atom. The Hall–Kier alpha value is -1.98. The van der Waals surface area contributed by atoms with E-state index in [1.807, 2.05) is 0 Å². The third-order valence-corrected chi connectivity index (χ3v) is 1.45. The summed E-state index contributed by atoms with van der Waals surface area (Å²) in [5.74, 6) is -5.22. The van der Waals surface area contributed by atoms with Gasteiger partial charge in [0.05, 0.1) is 0 Å². The van der Waals surface area contributed by atoms with E-state index in [-0.39, 0.29) is 6.47 Å². The molecule has 0 heterocycles. The molecule has 1 aromatic carbocycles. The number of aromatic carboxylic acids is 1. The van der Waals surface area contributed by atoms with Crippen LogP contribution in [0.5, 0.6) is 5.75 Å². The summed E-state index contributed by atoms with van der Waals surface area (Å²) in [5, 5.41) is 8.52. The second-order valence-corrected chi connectivity index (χ2v) is 2.26. The quantitative estimate of drug-likeness (QED) is 0.748. The Balaban J connectivity index is 3.36. The summed E-state index contributed by atoms with van der Waals surface area (Å²) in [4.78, 5) is 20.4. The minimum Gasteiger partial charge on any atom is -0.478 e. The van der Waals surface area contributed by atoms with E-state index < -0.39 is 28.9 Å². The summed E-state index contributed by atoms with van der Waals surface area (Å²) in [6.07, 6.45) is 0. The molecule has 0 saturated carbocycles. The highest BCUT2D eigenvalue weighted by atomic mass is 19.2. The summed E-state index contributed by atoms with van der Waals surface area (Å²) < 4.78 is 29.5. The number of carboxylic acids is 1. The molecule has 0 aromatic heterocycles. The molecule has 0 aliphatic heterocycles. The van der Waals surface area contributed by atoms with E-state index in [0.717, 1.165) is 6.07 Å². The van der Waals surface area contributed by atoms with Gasteiger partial charge in [0.1, 0.15) is 5.56 Å². The average Bonchev–Trinajstić information content (AvgIpc) is 2.13. The van der Waals surface area contributed by atoms with Crippen molar-refractivity contribution in [3.8, 4) is 5.75 Å². The molecular formula is C8H4F2O4. The number of rotatable bonds is 3. The summed E-state index contributed by atoms with van der Waals surface area (Å²) in [6.45, 7) is -0.176. The fourth-order valence-electron chi connectivity index (χ4n) is 0.864. The minimum absolute atomic E-state index is 0.176. The maximum Gasteiger partial charge on any atom is 0.339 e. The molecule has 0 unspecified atom stereocenters. The standard InChI is InChI=1S/C8H4F2O4/c9-5-2-1-4(8(12)13)7(6(5)10)14-3-11/h1-3H,(H,12,13). The highest BCUT2D eigenvalue weighted by Gasteiger charge is 2.19. The Morgan fingerprint density at radius 3 is 2.57 bits per heavy atom. The van der Waals surface area contributed by atoms with Gasteiger partial charge in [-0.15, -0.1) is 0 Å². The average molecular weight is 202 g/mol. The van der Waals surface area contributed by atoms with Gasteiger partial charge in [0.25, 0.3) is 6.47 Å². The Bertz CT molecular complexity index is 389. The molecule has 0 fully saturated rings. The van der Waals surface area contributed by atoms with Gasteiger partial charge in [0.2, 0.25) is 5.82 Å². The maximum absolute atomic E-state index is 12.9. The van der Waals surface area contributed by atoms with Gasteiger partial charge in [0.15, 0.2) is 11.6 Å². The van der Waals surface area contributed by atoms with E-state index >= 15 is 0 Å². The normalized spacial score (nSPS) is 9.57. The molecule has 74 valence electrons. The van der Waals surface area contributed by atoms with E-state index in [2.05, 4.69) is 4.74 Å². The Labute approximate surface area is 76.7 Å². The Kier molecular flexibility index (Phi) is 2.76. The third kappa shape index (κ3) is 1.68. The number of benzene rings is 1. The van der Waals surface area contributed by atoms with Crippen molar-refractivity contribution in [2.45, 2.75) is 0 Å². The second kappa shape index (κ2) is 3.82. The molecule has 0 radical (unpaired) electrons. The van der Waals surface area contributed by atoms with E-state index in [9.17, 15) is 18.4 Å². The van der Waals surface area contributed by atoms with Crippen LogP contribution in [0, 0.1) is 11.6 Å². The molecule has 6 heteroatoms. The van der Waals surface area contributed by atoms with Gasteiger partial charge >= 0.3 is 5.97 Å². The first kappa shape index (κ1) is 10.1. The third-order valence-electron chi connectivity index (χ3n) is 1.45. The zero-order valence-corrected chi connectivity index (χ0v) is 6.66. The van der Waals surface area contributed by atoms with Crippen molar-refractivity contribution in [2.75, 3.05) is 0 Å². The van der Waals surface area contributed by atoms with Crippen molar-refractivity contribution in [2.24, 2.45) is 0 Å². The number of hydrogen-bond acceptors (Lipinski definition) is 3. The lowest BCUT2D eigenvalue weighted by atomic mass is 10.2. The molecule has 0 spiro atoms. The molecule has 0 saturated heterocycles. The molecule has 14 heavy (non-hydrogen) atoms. The van der Waals surface area contributed by atoms with Crippen LogP contribution in [0.2, 0.25) is 0 Å². The molecular weight excluding hydrogens is 198 g/mol. The molecule has 0 aliphatic rings. The van der Waals surface area contributed by atoms with Crippen molar-refractivity contribution < 1.29 is 28.2 Å². The van der Waals surface area contributed by atoms with Crippen LogP contribution in [0.25, 0.3) is 0 Å². The largest absolute Gasteiger partial charge is 0.478 e. The molecule has 4 nitrogen and oxygen atoms in total. The number of carbonyl (C=O) groups is 2. The van der Waals surface area contributed by atoms with Crippen molar-refractivity contribution in [3.05, 3.63) is 29.3 Å². The van der Waals surface area contributed by atoms with Gasteiger partial charge in [-0.3, -0.25) is 4.79 Å². The smallest absolute Gasteiger partial charge is 0.339 e. The van der Waals surface area contributed by atoms with Crippen LogP contribution in [0.4, 0.5) is 8.78 Å². The van der Waals surface area contributed by atoms with Gasteiger partial charge < -0.3 is 9.84 Å². The van der Waals surface area contributed by atoms with Crippen LogP contribution in [0.1, 0.15) is 10.4 Å². The number of carbonyl (C=O) groups excluding carboxylic acids is 1. The molecule has 0 bridgehead atoms. The first-order valence-corrected chi connectivity index (χ1v) is 3.39. The highest BCUT2D eigenvalue weighted by molar-refractivity contribution is 5.91. The van der Waals surface area contributed by atoms with Gasteiger partial charge in [-0.1, -0.05) is 0 Å².